The van der Waals surface area contributed by atoms with Crippen LogP contribution in [0, 0.1) is 20.8 Å². The lowest BCUT2D eigenvalue weighted by Crippen LogP contribution is -1.97. The Morgan fingerprint density at radius 3 is 2.19 bits per heavy atom. The number of hydrogen-bond donors (Lipinski definition) is 0. The molecule has 0 bridgehead atoms. The minimum atomic E-state index is 0.955. The normalized spacial score (nSPS) is 11.0. The molecule has 0 N–H and O–H groups in total. The van der Waals surface area contributed by atoms with Gasteiger partial charge in [-0.15, -0.1) is 0 Å². The van der Waals surface area contributed by atoms with E-state index in [1.54, 1.807) is 0 Å². The molecule has 128 valence electrons. The number of aryl methyl sites for hydroxylation is 3. The van der Waals surface area contributed by atoms with E-state index >= 15 is 0 Å². The van der Waals surface area contributed by atoms with Crippen molar-refractivity contribution in [2.75, 3.05) is 0 Å². The monoisotopic (exact) mass is 336 g/mol. The van der Waals surface area contributed by atoms with Crippen LogP contribution < -0.4 is 0 Å². The van der Waals surface area contributed by atoms with Gasteiger partial charge in [-0.1, -0.05) is 90.0 Å². The van der Waals surface area contributed by atoms with Crippen molar-refractivity contribution < 1.29 is 0 Å². The zero-order valence-corrected chi connectivity index (χ0v) is 15.7. The van der Waals surface area contributed by atoms with Crippen molar-refractivity contribution in [2.24, 2.45) is 0 Å². The molecule has 0 heteroatoms. The van der Waals surface area contributed by atoms with E-state index in [-0.39, 0.29) is 0 Å². The molecular formula is C26H24. The summed E-state index contributed by atoms with van der Waals surface area (Å²) in [4.78, 5) is 0. The summed E-state index contributed by atoms with van der Waals surface area (Å²) in [6.45, 7) is 6.59. The number of benzene rings is 4. The highest BCUT2D eigenvalue weighted by atomic mass is 14.2. The Balaban J connectivity index is 1.96. The fraction of sp³-hybridized carbons (Fsp3) is 0.154. The van der Waals surface area contributed by atoms with Gasteiger partial charge in [0.25, 0.3) is 0 Å². The van der Waals surface area contributed by atoms with E-state index in [4.69, 9.17) is 0 Å². The van der Waals surface area contributed by atoms with Gasteiger partial charge in [-0.05, 0) is 65.8 Å². The summed E-state index contributed by atoms with van der Waals surface area (Å²) in [7, 11) is 0. The highest BCUT2D eigenvalue weighted by molar-refractivity contribution is 5.93. The second kappa shape index (κ2) is 6.80. The second-order valence-electron chi connectivity index (χ2n) is 7.29. The lowest BCUT2D eigenvalue weighted by molar-refractivity contribution is 1.18. The van der Waals surface area contributed by atoms with Gasteiger partial charge in [0.15, 0.2) is 0 Å². The molecule has 0 aromatic heterocycles. The van der Waals surface area contributed by atoms with Crippen LogP contribution in [0.3, 0.4) is 0 Å². The minimum Gasteiger partial charge on any atom is -0.0622 e. The second-order valence-corrected chi connectivity index (χ2v) is 7.29. The van der Waals surface area contributed by atoms with Crippen LogP contribution in [0.25, 0.3) is 21.9 Å². The molecule has 0 saturated heterocycles. The van der Waals surface area contributed by atoms with Crippen molar-refractivity contribution in [3.05, 3.63) is 107 Å². The van der Waals surface area contributed by atoms with E-state index in [0.29, 0.717) is 0 Å². The van der Waals surface area contributed by atoms with Crippen LogP contribution in [-0.2, 0) is 6.42 Å². The molecule has 0 atom stereocenters. The van der Waals surface area contributed by atoms with Crippen LogP contribution in [0.15, 0.2) is 78.9 Å². The third-order valence-corrected chi connectivity index (χ3v) is 5.18. The van der Waals surface area contributed by atoms with Crippen molar-refractivity contribution in [1.82, 2.24) is 0 Å². The smallest absolute Gasteiger partial charge is 0.00192 e. The molecule has 0 fully saturated rings. The van der Waals surface area contributed by atoms with Crippen LogP contribution in [0.1, 0.15) is 27.8 Å². The molecule has 0 radical (unpaired) electrons. The molecule has 0 spiro atoms. The molecule has 0 nitrogen and oxygen atoms in total. The zero-order chi connectivity index (χ0) is 18.1. The summed E-state index contributed by atoms with van der Waals surface area (Å²) in [5, 5.41) is 2.69. The Labute approximate surface area is 156 Å². The SMILES string of the molecule is Cc1cccc(Cc2cc3cc(C)ccc3c(C)c2-c2ccccc2)c1. The molecule has 0 heterocycles. The standard InChI is InChI=1S/C26H24/c1-18-8-7-9-21(14-18)16-24-17-23-15-19(2)12-13-25(23)20(3)26(24)22-10-5-4-6-11-22/h4-15,17H,16H2,1-3H3. The first-order valence-electron chi connectivity index (χ1n) is 9.25. The minimum absolute atomic E-state index is 0.955. The van der Waals surface area contributed by atoms with E-state index < -0.39 is 0 Å². The first-order chi connectivity index (χ1) is 12.6. The number of fused-ring (bicyclic) bond motifs is 1. The molecule has 0 saturated carbocycles. The van der Waals surface area contributed by atoms with Crippen LogP contribution in [0.4, 0.5) is 0 Å². The predicted octanol–water partition coefficient (Wildman–Crippen LogP) is 7.02. The lowest BCUT2D eigenvalue weighted by atomic mass is 9.87. The maximum Gasteiger partial charge on any atom is -0.00192 e. The van der Waals surface area contributed by atoms with E-state index in [0.717, 1.165) is 6.42 Å². The highest BCUT2D eigenvalue weighted by Crippen LogP contribution is 2.35. The topological polar surface area (TPSA) is 0 Å². The quantitative estimate of drug-likeness (QED) is 0.377. The molecule has 0 amide bonds. The van der Waals surface area contributed by atoms with Gasteiger partial charge in [0.05, 0.1) is 0 Å². The average molecular weight is 336 g/mol. The largest absolute Gasteiger partial charge is 0.0622 e. The maximum atomic E-state index is 2.39. The Bertz CT molecular complexity index is 1070. The van der Waals surface area contributed by atoms with Gasteiger partial charge < -0.3 is 0 Å². The molecule has 0 unspecified atom stereocenters. The summed E-state index contributed by atoms with van der Waals surface area (Å²) in [5.41, 5.74) is 9.45. The molecule has 26 heavy (non-hydrogen) atoms. The van der Waals surface area contributed by atoms with Crippen molar-refractivity contribution in [3.63, 3.8) is 0 Å². The third-order valence-electron chi connectivity index (χ3n) is 5.18. The number of hydrogen-bond acceptors (Lipinski definition) is 0. The zero-order valence-electron chi connectivity index (χ0n) is 15.7. The molecule has 4 rings (SSSR count). The van der Waals surface area contributed by atoms with Crippen LogP contribution >= 0.6 is 0 Å². The van der Waals surface area contributed by atoms with E-state index in [1.165, 1.54) is 49.7 Å². The van der Waals surface area contributed by atoms with Crippen LogP contribution in [0.5, 0.6) is 0 Å². The van der Waals surface area contributed by atoms with Gasteiger partial charge in [-0.3, -0.25) is 0 Å². The molecule has 4 aromatic carbocycles. The van der Waals surface area contributed by atoms with E-state index in [2.05, 4.69) is 99.6 Å². The first kappa shape index (κ1) is 16.6. The molecular weight excluding hydrogens is 312 g/mol. The van der Waals surface area contributed by atoms with Crippen LogP contribution in [-0.4, -0.2) is 0 Å². The molecule has 0 aliphatic carbocycles. The van der Waals surface area contributed by atoms with Gasteiger partial charge in [-0.25, -0.2) is 0 Å². The van der Waals surface area contributed by atoms with E-state index in [9.17, 15) is 0 Å². The van der Waals surface area contributed by atoms with Crippen molar-refractivity contribution in [3.8, 4) is 11.1 Å². The summed E-state index contributed by atoms with van der Waals surface area (Å²) in [5.74, 6) is 0. The van der Waals surface area contributed by atoms with Gasteiger partial charge in [-0.2, -0.15) is 0 Å². The van der Waals surface area contributed by atoms with Crippen molar-refractivity contribution in [1.29, 1.82) is 0 Å². The summed E-state index contributed by atoms with van der Waals surface area (Å²) in [6, 6.07) is 28.8. The van der Waals surface area contributed by atoms with Gasteiger partial charge in [0.1, 0.15) is 0 Å². The number of rotatable bonds is 3. The first-order valence-corrected chi connectivity index (χ1v) is 9.25. The summed E-state index contributed by atoms with van der Waals surface area (Å²) < 4.78 is 0. The summed E-state index contributed by atoms with van der Waals surface area (Å²) >= 11 is 0. The van der Waals surface area contributed by atoms with Gasteiger partial charge >= 0.3 is 0 Å². The summed E-state index contributed by atoms with van der Waals surface area (Å²) in [6.07, 6.45) is 0.955. The average Bonchev–Trinajstić information content (AvgIpc) is 2.62. The Kier molecular flexibility index (Phi) is 4.34. The maximum absolute atomic E-state index is 2.39. The van der Waals surface area contributed by atoms with Gasteiger partial charge in [0, 0.05) is 0 Å². The van der Waals surface area contributed by atoms with Gasteiger partial charge in [0.2, 0.25) is 0 Å². The fourth-order valence-electron chi connectivity index (χ4n) is 3.97. The molecule has 0 aliphatic rings. The molecule has 4 aromatic rings. The highest BCUT2D eigenvalue weighted by Gasteiger charge is 2.13. The van der Waals surface area contributed by atoms with Crippen molar-refractivity contribution >= 4 is 10.8 Å². The lowest BCUT2D eigenvalue weighted by Gasteiger charge is -2.17. The fourth-order valence-corrected chi connectivity index (χ4v) is 3.97. The Morgan fingerprint density at radius 1 is 0.654 bits per heavy atom. The van der Waals surface area contributed by atoms with Crippen LogP contribution in [0.2, 0.25) is 0 Å². The Morgan fingerprint density at radius 2 is 1.42 bits per heavy atom. The van der Waals surface area contributed by atoms with Crippen molar-refractivity contribution in [2.45, 2.75) is 27.2 Å². The van der Waals surface area contributed by atoms with E-state index in [1.807, 2.05) is 0 Å². The third kappa shape index (κ3) is 3.15. The Hall–Kier alpha value is -2.86. The predicted molar refractivity (Wildman–Crippen MR) is 113 cm³/mol. The molecule has 0 aliphatic heterocycles.